The monoisotopic (exact) mass is 246 g/mol. The van der Waals surface area contributed by atoms with E-state index in [-0.39, 0.29) is 0 Å². The Bertz CT molecular complexity index is 564. The van der Waals surface area contributed by atoms with Crippen LogP contribution in [0.3, 0.4) is 0 Å². The van der Waals surface area contributed by atoms with E-state index >= 15 is 0 Å². The van der Waals surface area contributed by atoms with E-state index in [0.29, 0.717) is 6.04 Å². The van der Waals surface area contributed by atoms with E-state index < -0.39 is 0 Å². The number of hydrogen-bond acceptors (Lipinski definition) is 4. The molecule has 0 aliphatic heterocycles. The third-order valence-corrected chi connectivity index (χ3v) is 3.57. The van der Waals surface area contributed by atoms with E-state index in [0.717, 1.165) is 40.6 Å². The number of furan rings is 1. The van der Waals surface area contributed by atoms with E-state index in [2.05, 4.69) is 17.2 Å². The number of oxazole rings is 1. The van der Waals surface area contributed by atoms with Crippen LogP contribution in [0.25, 0.3) is 11.3 Å². The van der Waals surface area contributed by atoms with Crippen LogP contribution in [0.4, 0.5) is 0 Å². The maximum absolute atomic E-state index is 5.65. The third-order valence-electron chi connectivity index (χ3n) is 3.57. The zero-order valence-electron chi connectivity index (χ0n) is 11.0. The van der Waals surface area contributed by atoms with Gasteiger partial charge < -0.3 is 14.2 Å². The molecule has 18 heavy (non-hydrogen) atoms. The average molecular weight is 246 g/mol. The summed E-state index contributed by atoms with van der Waals surface area (Å²) >= 11 is 0. The highest BCUT2D eigenvalue weighted by molar-refractivity contribution is 5.67. The smallest absolute Gasteiger partial charge is 0.181 e. The minimum atomic E-state index is 0.669. The van der Waals surface area contributed by atoms with Gasteiger partial charge in [0.2, 0.25) is 0 Å². The normalized spacial score (nSPS) is 15.3. The Morgan fingerprint density at radius 1 is 1.28 bits per heavy atom. The van der Waals surface area contributed by atoms with Crippen LogP contribution in [0, 0.1) is 20.8 Å². The summed E-state index contributed by atoms with van der Waals surface area (Å²) in [5, 5.41) is 3.46. The lowest BCUT2D eigenvalue weighted by atomic mass is 10.1. The van der Waals surface area contributed by atoms with Gasteiger partial charge in [-0.1, -0.05) is 0 Å². The Morgan fingerprint density at radius 2 is 2.06 bits per heavy atom. The summed E-state index contributed by atoms with van der Waals surface area (Å²) in [6, 6.07) is 0.669. The molecule has 3 rings (SSSR count). The SMILES string of the molecule is Cc1oc(C)c(-c2ocnc2CNC2CC2)c1C. The molecule has 0 saturated heterocycles. The van der Waals surface area contributed by atoms with Crippen molar-refractivity contribution in [1.82, 2.24) is 10.3 Å². The minimum absolute atomic E-state index is 0.669. The maximum Gasteiger partial charge on any atom is 0.181 e. The molecule has 0 aromatic carbocycles. The van der Waals surface area contributed by atoms with E-state index in [1.807, 2.05) is 13.8 Å². The summed E-state index contributed by atoms with van der Waals surface area (Å²) in [7, 11) is 0. The molecule has 4 nitrogen and oxygen atoms in total. The molecule has 0 spiro atoms. The second-order valence-corrected chi connectivity index (χ2v) is 5.00. The second-order valence-electron chi connectivity index (χ2n) is 5.00. The van der Waals surface area contributed by atoms with Crippen molar-refractivity contribution < 1.29 is 8.83 Å². The molecule has 2 aromatic heterocycles. The fraction of sp³-hybridized carbons (Fsp3) is 0.500. The van der Waals surface area contributed by atoms with Crippen LogP contribution >= 0.6 is 0 Å². The summed E-state index contributed by atoms with van der Waals surface area (Å²) < 4.78 is 11.2. The van der Waals surface area contributed by atoms with Gasteiger partial charge in [0.05, 0.1) is 5.56 Å². The van der Waals surface area contributed by atoms with Crippen LogP contribution in [0.5, 0.6) is 0 Å². The first-order valence-corrected chi connectivity index (χ1v) is 6.39. The number of nitrogens with zero attached hydrogens (tertiary/aromatic N) is 1. The van der Waals surface area contributed by atoms with Crippen LogP contribution in [0.2, 0.25) is 0 Å². The van der Waals surface area contributed by atoms with E-state index in [4.69, 9.17) is 8.83 Å². The summed E-state index contributed by atoms with van der Waals surface area (Å²) in [6.07, 6.45) is 4.06. The van der Waals surface area contributed by atoms with Gasteiger partial charge in [0, 0.05) is 18.2 Å². The van der Waals surface area contributed by atoms with Crippen molar-refractivity contribution >= 4 is 0 Å². The lowest BCUT2D eigenvalue weighted by Gasteiger charge is -2.02. The van der Waals surface area contributed by atoms with Gasteiger partial charge in [-0.15, -0.1) is 0 Å². The lowest BCUT2D eigenvalue weighted by molar-refractivity contribution is 0.501. The fourth-order valence-electron chi connectivity index (χ4n) is 2.25. The zero-order valence-corrected chi connectivity index (χ0v) is 11.0. The molecule has 0 bridgehead atoms. The van der Waals surface area contributed by atoms with Crippen molar-refractivity contribution in [3.05, 3.63) is 29.2 Å². The molecule has 0 radical (unpaired) electrons. The molecule has 0 unspecified atom stereocenters. The summed E-state index contributed by atoms with van der Waals surface area (Å²) in [6.45, 7) is 6.77. The van der Waals surface area contributed by atoms with E-state index in [1.165, 1.54) is 19.2 Å². The molecule has 1 fully saturated rings. The number of aromatic nitrogens is 1. The van der Waals surface area contributed by atoms with Gasteiger partial charge in [0.25, 0.3) is 0 Å². The second kappa shape index (κ2) is 4.28. The quantitative estimate of drug-likeness (QED) is 0.900. The molecular weight excluding hydrogens is 228 g/mol. The molecule has 0 amide bonds. The fourth-order valence-corrected chi connectivity index (χ4v) is 2.25. The molecule has 1 N–H and O–H groups in total. The highest BCUT2D eigenvalue weighted by Crippen LogP contribution is 2.33. The molecule has 1 aliphatic carbocycles. The van der Waals surface area contributed by atoms with Crippen molar-refractivity contribution in [2.24, 2.45) is 0 Å². The standard InChI is InChI=1S/C14H18N2O2/c1-8-9(2)18-10(3)13(8)14-12(16-7-17-14)6-15-11-4-5-11/h7,11,15H,4-6H2,1-3H3. The number of rotatable bonds is 4. The van der Waals surface area contributed by atoms with Crippen LogP contribution in [-0.4, -0.2) is 11.0 Å². The molecular formula is C14H18N2O2. The van der Waals surface area contributed by atoms with E-state index in [1.54, 1.807) is 0 Å². The highest BCUT2D eigenvalue weighted by atomic mass is 16.4. The first kappa shape index (κ1) is 11.5. The van der Waals surface area contributed by atoms with Crippen LogP contribution in [-0.2, 0) is 6.54 Å². The molecule has 0 atom stereocenters. The van der Waals surface area contributed by atoms with Crippen molar-refractivity contribution in [3.8, 4) is 11.3 Å². The Hall–Kier alpha value is -1.55. The van der Waals surface area contributed by atoms with Crippen LogP contribution in [0.1, 0.15) is 35.6 Å². The van der Waals surface area contributed by atoms with Gasteiger partial charge in [-0.05, 0) is 33.6 Å². The predicted octanol–water partition coefficient (Wildman–Crippen LogP) is 3.11. The largest absolute Gasteiger partial charge is 0.466 e. The number of aryl methyl sites for hydroxylation is 2. The van der Waals surface area contributed by atoms with Crippen molar-refractivity contribution in [2.75, 3.05) is 0 Å². The van der Waals surface area contributed by atoms with Crippen molar-refractivity contribution in [2.45, 2.75) is 46.2 Å². The molecule has 4 heteroatoms. The first-order chi connectivity index (χ1) is 8.66. The number of nitrogens with one attached hydrogen (secondary N) is 1. The van der Waals surface area contributed by atoms with Crippen molar-refractivity contribution in [1.29, 1.82) is 0 Å². The molecule has 2 heterocycles. The Morgan fingerprint density at radius 3 is 2.67 bits per heavy atom. The van der Waals surface area contributed by atoms with Gasteiger partial charge in [-0.3, -0.25) is 0 Å². The van der Waals surface area contributed by atoms with Gasteiger partial charge in [0.1, 0.15) is 17.2 Å². The Kier molecular flexibility index (Phi) is 2.74. The van der Waals surface area contributed by atoms with Gasteiger partial charge in [0.15, 0.2) is 12.2 Å². The first-order valence-electron chi connectivity index (χ1n) is 6.39. The summed E-state index contributed by atoms with van der Waals surface area (Å²) in [4.78, 5) is 4.31. The highest BCUT2D eigenvalue weighted by Gasteiger charge is 2.23. The van der Waals surface area contributed by atoms with Crippen LogP contribution in [0.15, 0.2) is 15.2 Å². The molecule has 96 valence electrons. The van der Waals surface area contributed by atoms with Crippen LogP contribution < -0.4 is 5.32 Å². The van der Waals surface area contributed by atoms with E-state index in [9.17, 15) is 0 Å². The lowest BCUT2D eigenvalue weighted by Crippen LogP contribution is -2.16. The maximum atomic E-state index is 5.65. The average Bonchev–Trinajstić information content (AvgIpc) is 3.00. The molecule has 2 aromatic rings. The summed E-state index contributed by atoms with van der Waals surface area (Å²) in [5.41, 5.74) is 3.16. The zero-order chi connectivity index (χ0) is 12.7. The molecule has 1 saturated carbocycles. The van der Waals surface area contributed by atoms with Crippen molar-refractivity contribution in [3.63, 3.8) is 0 Å². The Labute approximate surface area is 106 Å². The predicted molar refractivity (Wildman–Crippen MR) is 68.3 cm³/mol. The third kappa shape index (κ3) is 1.97. The molecule has 1 aliphatic rings. The van der Waals surface area contributed by atoms with Gasteiger partial charge >= 0.3 is 0 Å². The Balaban J connectivity index is 1.92. The van der Waals surface area contributed by atoms with Gasteiger partial charge in [-0.2, -0.15) is 0 Å². The number of hydrogen-bond donors (Lipinski definition) is 1. The minimum Gasteiger partial charge on any atom is -0.466 e. The summed E-state index contributed by atoms with van der Waals surface area (Å²) in [5.74, 6) is 2.68. The van der Waals surface area contributed by atoms with Gasteiger partial charge in [-0.25, -0.2) is 4.98 Å². The topological polar surface area (TPSA) is 51.2 Å².